The molecule has 4 aromatic rings. The van der Waals surface area contributed by atoms with Gasteiger partial charge >= 0.3 is 6.09 Å². The maximum Gasteiger partial charge on any atom is 0.410 e. The van der Waals surface area contributed by atoms with Crippen LogP contribution in [-0.4, -0.2) is 51.7 Å². The standard InChI is InChI=1S/C30H27Cl2F3N4O2/c1-14-9-15-5-8-21(33)24(34)22(15)18(10-14)23-20(31)11-19-26(25(23)35)36-28(32)37-27(19)38-12-16-6-7-17(13-38)39(16)29(40)41-30(2,3)4/h5,8-11,16-17H,6-7,12-13H2,1-4H3. The van der Waals surface area contributed by atoms with Crippen LogP contribution in [0.25, 0.3) is 32.8 Å². The summed E-state index contributed by atoms with van der Waals surface area (Å²) in [5.74, 6) is -2.57. The number of amides is 1. The molecule has 2 aliphatic heterocycles. The van der Waals surface area contributed by atoms with E-state index in [1.807, 2.05) is 25.7 Å². The summed E-state index contributed by atoms with van der Waals surface area (Å²) in [5.41, 5.74) is 0.0176. The molecule has 2 aliphatic rings. The lowest BCUT2D eigenvalue weighted by Crippen LogP contribution is -2.57. The number of rotatable bonds is 2. The predicted molar refractivity (Wildman–Crippen MR) is 154 cm³/mol. The summed E-state index contributed by atoms with van der Waals surface area (Å²) in [4.78, 5) is 25.3. The van der Waals surface area contributed by atoms with Crippen molar-refractivity contribution in [2.75, 3.05) is 18.0 Å². The van der Waals surface area contributed by atoms with Crippen LogP contribution in [0.4, 0.5) is 23.8 Å². The minimum Gasteiger partial charge on any atom is -0.444 e. The number of aromatic nitrogens is 2. The van der Waals surface area contributed by atoms with Gasteiger partial charge in [0.25, 0.3) is 0 Å². The van der Waals surface area contributed by atoms with Gasteiger partial charge in [-0.3, -0.25) is 4.90 Å². The van der Waals surface area contributed by atoms with Gasteiger partial charge in [-0.05, 0) is 80.8 Å². The summed E-state index contributed by atoms with van der Waals surface area (Å²) in [7, 11) is 0. The molecule has 2 saturated heterocycles. The average Bonchev–Trinajstić information content (AvgIpc) is 3.15. The molecule has 11 heteroatoms. The number of halogens is 5. The summed E-state index contributed by atoms with van der Waals surface area (Å²) < 4.78 is 51.3. The number of hydrogen-bond acceptors (Lipinski definition) is 5. The lowest BCUT2D eigenvalue weighted by molar-refractivity contribution is 0.0123. The number of aryl methyl sites for hydroxylation is 1. The van der Waals surface area contributed by atoms with Crippen LogP contribution in [0.1, 0.15) is 39.2 Å². The second kappa shape index (κ2) is 9.91. The zero-order chi connectivity index (χ0) is 29.4. The second-order valence-corrected chi connectivity index (χ2v) is 12.5. The number of benzene rings is 3. The van der Waals surface area contributed by atoms with E-state index in [1.165, 1.54) is 12.1 Å². The number of fused-ring (bicyclic) bond motifs is 4. The highest BCUT2D eigenvalue weighted by Crippen LogP contribution is 2.43. The fourth-order valence-corrected chi connectivity index (χ4v) is 6.53. The smallest absolute Gasteiger partial charge is 0.410 e. The molecular weight excluding hydrogens is 576 g/mol. The van der Waals surface area contributed by atoms with Crippen molar-refractivity contribution in [3.8, 4) is 11.1 Å². The zero-order valence-electron chi connectivity index (χ0n) is 22.9. The van der Waals surface area contributed by atoms with Crippen LogP contribution in [0.2, 0.25) is 10.3 Å². The van der Waals surface area contributed by atoms with Gasteiger partial charge in [0, 0.05) is 29.4 Å². The van der Waals surface area contributed by atoms with E-state index in [0.29, 0.717) is 35.2 Å². The van der Waals surface area contributed by atoms with E-state index >= 15 is 8.78 Å². The molecule has 3 heterocycles. The molecule has 2 bridgehead atoms. The van der Waals surface area contributed by atoms with Crippen molar-refractivity contribution in [2.45, 2.75) is 58.2 Å². The van der Waals surface area contributed by atoms with Crippen molar-refractivity contribution < 1.29 is 22.7 Å². The highest BCUT2D eigenvalue weighted by atomic mass is 35.5. The van der Waals surface area contributed by atoms with Gasteiger partial charge in [0.2, 0.25) is 5.28 Å². The molecule has 41 heavy (non-hydrogen) atoms. The van der Waals surface area contributed by atoms with Gasteiger partial charge in [-0.15, -0.1) is 0 Å². The third kappa shape index (κ3) is 4.83. The molecule has 1 amide bonds. The third-order valence-electron chi connectivity index (χ3n) is 7.64. The van der Waals surface area contributed by atoms with Crippen LogP contribution < -0.4 is 4.90 Å². The number of anilines is 1. The molecule has 0 spiro atoms. The van der Waals surface area contributed by atoms with Gasteiger partial charge in [-0.25, -0.2) is 22.9 Å². The van der Waals surface area contributed by atoms with Crippen LogP contribution in [-0.2, 0) is 4.74 Å². The van der Waals surface area contributed by atoms with Crippen LogP contribution in [0.15, 0.2) is 30.3 Å². The predicted octanol–water partition coefficient (Wildman–Crippen LogP) is 8.07. The maximum absolute atomic E-state index is 16.4. The first-order valence-electron chi connectivity index (χ1n) is 13.3. The Morgan fingerprint density at radius 1 is 1.00 bits per heavy atom. The Labute approximate surface area is 245 Å². The molecule has 1 aromatic heterocycles. The molecule has 2 unspecified atom stereocenters. The number of nitrogens with zero attached hydrogens (tertiary/aromatic N) is 4. The van der Waals surface area contributed by atoms with Crippen LogP contribution in [0.5, 0.6) is 0 Å². The van der Waals surface area contributed by atoms with E-state index in [4.69, 9.17) is 27.9 Å². The zero-order valence-corrected chi connectivity index (χ0v) is 24.4. The van der Waals surface area contributed by atoms with E-state index in [2.05, 4.69) is 9.97 Å². The monoisotopic (exact) mass is 602 g/mol. The van der Waals surface area contributed by atoms with Gasteiger partial charge in [0.15, 0.2) is 17.5 Å². The van der Waals surface area contributed by atoms with Crippen LogP contribution in [0, 0.1) is 24.4 Å². The molecule has 214 valence electrons. The lowest BCUT2D eigenvalue weighted by atomic mass is 9.94. The number of carbonyl (C=O) groups is 1. The Hall–Kier alpha value is -3.30. The van der Waals surface area contributed by atoms with E-state index in [-0.39, 0.29) is 50.5 Å². The summed E-state index contributed by atoms with van der Waals surface area (Å²) in [5, 5.41) is 0.482. The first-order valence-corrected chi connectivity index (χ1v) is 14.1. The van der Waals surface area contributed by atoms with Gasteiger partial charge in [0.05, 0.1) is 17.1 Å². The third-order valence-corrected chi connectivity index (χ3v) is 8.11. The molecule has 6 rings (SSSR count). The van der Waals surface area contributed by atoms with E-state index in [1.54, 1.807) is 24.0 Å². The normalized spacial score (nSPS) is 19.0. The van der Waals surface area contributed by atoms with Crippen molar-refractivity contribution in [3.63, 3.8) is 0 Å². The van der Waals surface area contributed by atoms with Crippen LogP contribution >= 0.6 is 23.2 Å². The maximum atomic E-state index is 16.4. The fraction of sp³-hybridized carbons (Fsp3) is 0.367. The second-order valence-electron chi connectivity index (χ2n) is 11.7. The fourth-order valence-electron chi connectivity index (χ4n) is 6.07. The number of hydrogen-bond donors (Lipinski definition) is 0. The lowest BCUT2D eigenvalue weighted by Gasteiger charge is -2.42. The Morgan fingerprint density at radius 3 is 2.34 bits per heavy atom. The number of ether oxygens (including phenoxy) is 1. The topological polar surface area (TPSA) is 58.6 Å². The van der Waals surface area contributed by atoms with Gasteiger partial charge in [0.1, 0.15) is 16.9 Å². The Bertz CT molecular complexity index is 1730. The van der Waals surface area contributed by atoms with Crippen molar-refractivity contribution in [3.05, 3.63) is 63.7 Å². The SMILES string of the molecule is Cc1cc(-c2c(Cl)cc3c(N4CC5CCC(C4)N5C(=O)OC(C)(C)C)nc(Cl)nc3c2F)c2c(F)c(F)ccc2c1. The first kappa shape index (κ1) is 27.8. The molecule has 0 saturated carbocycles. The van der Waals surface area contributed by atoms with Gasteiger partial charge < -0.3 is 9.64 Å². The first-order chi connectivity index (χ1) is 19.3. The van der Waals surface area contributed by atoms with E-state index in [0.717, 1.165) is 18.9 Å². The Kier molecular flexibility index (Phi) is 6.73. The van der Waals surface area contributed by atoms with E-state index < -0.39 is 23.1 Å². The summed E-state index contributed by atoms with van der Waals surface area (Å²) in [6.07, 6.45) is 1.22. The summed E-state index contributed by atoms with van der Waals surface area (Å²) in [6, 6.07) is 7.03. The molecule has 2 atom stereocenters. The Morgan fingerprint density at radius 2 is 1.68 bits per heavy atom. The molecular formula is C30H27Cl2F3N4O2. The van der Waals surface area contributed by atoms with Gasteiger partial charge in [-0.2, -0.15) is 4.98 Å². The highest BCUT2D eigenvalue weighted by Gasteiger charge is 2.45. The van der Waals surface area contributed by atoms with Crippen molar-refractivity contribution in [1.29, 1.82) is 0 Å². The van der Waals surface area contributed by atoms with E-state index in [9.17, 15) is 9.18 Å². The van der Waals surface area contributed by atoms with Crippen molar-refractivity contribution in [2.24, 2.45) is 0 Å². The van der Waals surface area contributed by atoms with Crippen molar-refractivity contribution in [1.82, 2.24) is 14.9 Å². The Balaban J connectivity index is 1.46. The quantitative estimate of drug-likeness (QED) is 0.217. The summed E-state index contributed by atoms with van der Waals surface area (Å²) in [6.45, 7) is 8.14. The average molecular weight is 603 g/mol. The van der Waals surface area contributed by atoms with Crippen molar-refractivity contribution >= 4 is 56.8 Å². The number of carbonyl (C=O) groups excluding carboxylic acids is 1. The molecule has 0 N–H and O–H groups in total. The largest absolute Gasteiger partial charge is 0.444 e. The molecule has 3 aromatic carbocycles. The minimum absolute atomic E-state index is 0.00639. The highest BCUT2D eigenvalue weighted by molar-refractivity contribution is 6.35. The molecule has 0 radical (unpaired) electrons. The van der Waals surface area contributed by atoms with Gasteiger partial charge in [-0.1, -0.05) is 29.8 Å². The molecule has 0 aliphatic carbocycles. The molecule has 2 fully saturated rings. The van der Waals surface area contributed by atoms with Crippen LogP contribution in [0.3, 0.4) is 0 Å². The number of piperazine rings is 1. The molecule has 6 nitrogen and oxygen atoms in total. The summed E-state index contributed by atoms with van der Waals surface area (Å²) >= 11 is 13.0. The minimum atomic E-state index is -1.09.